The van der Waals surface area contributed by atoms with E-state index in [4.69, 9.17) is 4.74 Å². The molecule has 0 spiro atoms. The third-order valence-electron chi connectivity index (χ3n) is 6.96. The quantitative estimate of drug-likeness (QED) is 0.468. The molecule has 204 valence electrons. The molecule has 1 aromatic carbocycles. The number of methoxy groups -OCH3 is 1. The Labute approximate surface area is 223 Å². The number of amides is 1. The van der Waals surface area contributed by atoms with Gasteiger partial charge in [-0.3, -0.25) is 9.59 Å². The smallest absolute Gasteiger partial charge is 0.287 e. The summed E-state index contributed by atoms with van der Waals surface area (Å²) in [6.07, 6.45) is 2.87. The average Bonchev–Trinajstić information content (AvgIpc) is 3.49. The third kappa shape index (κ3) is 4.83. The van der Waals surface area contributed by atoms with Gasteiger partial charge in [-0.25, -0.2) is 17.5 Å². The summed E-state index contributed by atoms with van der Waals surface area (Å²) in [7, 11) is -6.57. The van der Waals surface area contributed by atoms with E-state index in [1.54, 1.807) is 4.90 Å². The molecule has 1 aromatic heterocycles. The normalized spacial score (nSPS) is 24.4. The molecule has 2 fully saturated rings. The van der Waals surface area contributed by atoms with Crippen molar-refractivity contribution in [2.24, 2.45) is 16.2 Å². The van der Waals surface area contributed by atoms with Crippen molar-refractivity contribution in [2.45, 2.75) is 43.3 Å². The van der Waals surface area contributed by atoms with Crippen molar-refractivity contribution in [3.63, 3.8) is 0 Å². The van der Waals surface area contributed by atoms with Crippen LogP contribution in [0.5, 0.6) is 5.75 Å². The Hall–Kier alpha value is -2.88. The summed E-state index contributed by atoms with van der Waals surface area (Å²) >= 11 is 1.01. The van der Waals surface area contributed by atoms with Crippen molar-refractivity contribution in [2.75, 3.05) is 18.7 Å². The fourth-order valence-electron chi connectivity index (χ4n) is 5.28. The van der Waals surface area contributed by atoms with Gasteiger partial charge < -0.3 is 15.0 Å². The minimum absolute atomic E-state index is 0.0263. The molecule has 2 N–H and O–H groups in total. The summed E-state index contributed by atoms with van der Waals surface area (Å²) in [6, 6.07) is 3.91. The lowest BCUT2D eigenvalue weighted by atomic mass is 9.81. The van der Waals surface area contributed by atoms with Crippen molar-refractivity contribution in [1.82, 2.24) is 9.62 Å². The van der Waals surface area contributed by atoms with Crippen LogP contribution in [0.25, 0.3) is 0 Å². The number of amidine groups is 1. The van der Waals surface area contributed by atoms with Crippen molar-refractivity contribution in [1.29, 1.82) is 0 Å². The lowest BCUT2D eigenvalue weighted by Crippen LogP contribution is -2.58. The standard InChI is InChI=1S/C23H25FN4O7S3/c1-35-17-8-12(6-7-15(17)24)10-28-16-5-3-4-14(16)19(29)18(23(28)30)21-26-22-20(38(33,34)27-21)13(11-36-22)9-25-37(2,31)32/h6-8,11,14,16,18,25H,3-5,9-10H2,1-2H3,(H,26,27). The molecule has 3 unspecified atom stereocenters. The van der Waals surface area contributed by atoms with E-state index in [2.05, 4.69) is 14.4 Å². The van der Waals surface area contributed by atoms with Crippen LogP contribution in [-0.2, 0) is 42.7 Å². The minimum Gasteiger partial charge on any atom is -0.494 e. The number of sulfonamides is 2. The molecule has 0 bridgehead atoms. The maximum Gasteiger partial charge on any atom is 0.287 e. The molecule has 1 saturated heterocycles. The first-order chi connectivity index (χ1) is 17.9. The summed E-state index contributed by atoms with van der Waals surface area (Å²) in [5.74, 6) is -3.68. The molecule has 3 heterocycles. The number of nitrogens with zero attached hydrogens (tertiary/aromatic N) is 2. The number of halogens is 1. The van der Waals surface area contributed by atoms with Crippen molar-refractivity contribution in [3.8, 4) is 5.75 Å². The fourth-order valence-corrected chi connectivity index (χ4v) is 8.34. The number of benzene rings is 1. The Bertz CT molecular complexity index is 1570. The number of hydrogen-bond donors (Lipinski definition) is 2. The molecule has 2 aromatic rings. The summed E-state index contributed by atoms with van der Waals surface area (Å²) in [5, 5.41) is 4.51. The summed E-state index contributed by atoms with van der Waals surface area (Å²) < 4.78 is 74.4. The summed E-state index contributed by atoms with van der Waals surface area (Å²) in [6.45, 7) is -0.164. The van der Waals surface area contributed by atoms with Crippen LogP contribution in [0.15, 0.2) is 32.9 Å². The predicted octanol–water partition coefficient (Wildman–Crippen LogP) is 1.85. The van der Waals surface area contributed by atoms with E-state index >= 15 is 0 Å². The molecule has 11 nitrogen and oxygen atoms in total. The second-order valence-corrected chi connectivity index (χ2v) is 13.7. The van der Waals surface area contributed by atoms with Crippen LogP contribution in [0, 0.1) is 17.7 Å². The summed E-state index contributed by atoms with van der Waals surface area (Å²) in [5.41, 5.74) is 0.805. The Morgan fingerprint density at radius 2 is 2.05 bits per heavy atom. The lowest BCUT2D eigenvalue weighted by Gasteiger charge is -2.41. The van der Waals surface area contributed by atoms with Gasteiger partial charge in [-0.05, 0) is 35.9 Å². The number of hydrogen-bond acceptors (Lipinski definition) is 9. The van der Waals surface area contributed by atoms with Crippen LogP contribution in [0.3, 0.4) is 0 Å². The molecule has 38 heavy (non-hydrogen) atoms. The molecular weight excluding hydrogens is 559 g/mol. The van der Waals surface area contributed by atoms with E-state index < -0.39 is 43.6 Å². The number of thiophene rings is 1. The van der Waals surface area contributed by atoms with Gasteiger partial charge >= 0.3 is 0 Å². The number of ether oxygens (including phenoxy) is 1. The number of nitrogens with one attached hydrogen (secondary N) is 2. The topological polar surface area (TPSA) is 151 Å². The zero-order valence-electron chi connectivity index (χ0n) is 20.4. The number of carbonyl (C=O) groups is 2. The van der Waals surface area contributed by atoms with Crippen LogP contribution < -0.4 is 14.8 Å². The van der Waals surface area contributed by atoms with Crippen molar-refractivity contribution >= 4 is 53.9 Å². The van der Waals surface area contributed by atoms with E-state index in [1.165, 1.54) is 30.7 Å². The van der Waals surface area contributed by atoms with E-state index in [0.29, 0.717) is 18.4 Å². The number of ketones is 1. The van der Waals surface area contributed by atoms with Crippen LogP contribution >= 0.6 is 11.3 Å². The molecule has 3 atom stereocenters. The van der Waals surface area contributed by atoms with Crippen molar-refractivity contribution < 1.29 is 35.6 Å². The molecule has 5 rings (SSSR count). The fraction of sp³-hybridized carbons (Fsp3) is 0.435. The van der Waals surface area contributed by atoms with Gasteiger partial charge in [-0.1, -0.05) is 12.5 Å². The molecular formula is C23H25FN4O7S3. The molecule has 3 aliphatic rings. The largest absolute Gasteiger partial charge is 0.494 e. The van der Waals surface area contributed by atoms with Gasteiger partial charge in [-0.2, -0.15) is 8.42 Å². The molecule has 1 saturated carbocycles. The van der Waals surface area contributed by atoms with Gasteiger partial charge in [0.25, 0.3) is 10.0 Å². The number of anilines is 1. The second-order valence-electron chi connectivity index (χ2n) is 9.46. The second kappa shape index (κ2) is 9.70. The first kappa shape index (κ1) is 26.7. The Kier molecular flexibility index (Phi) is 6.82. The lowest BCUT2D eigenvalue weighted by molar-refractivity contribution is -0.149. The van der Waals surface area contributed by atoms with E-state index in [9.17, 15) is 30.8 Å². The highest BCUT2D eigenvalue weighted by Crippen LogP contribution is 2.42. The van der Waals surface area contributed by atoms with Gasteiger partial charge in [0.15, 0.2) is 23.3 Å². The molecule has 1 amide bonds. The Morgan fingerprint density at radius 1 is 1.29 bits per heavy atom. The highest BCUT2D eigenvalue weighted by Gasteiger charge is 2.52. The molecule has 15 heteroatoms. The van der Waals surface area contributed by atoms with Gasteiger partial charge in [0.05, 0.1) is 13.4 Å². The zero-order valence-corrected chi connectivity index (χ0v) is 22.9. The van der Waals surface area contributed by atoms with Crippen molar-refractivity contribution in [3.05, 3.63) is 40.5 Å². The molecule has 0 radical (unpaired) electrons. The maximum absolute atomic E-state index is 13.9. The van der Waals surface area contributed by atoms with Gasteiger partial charge in [-0.15, -0.1) is 15.7 Å². The maximum atomic E-state index is 13.9. The van der Waals surface area contributed by atoms with Crippen LogP contribution in [0.2, 0.25) is 0 Å². The number of rotatable bonds is 7. The Morgan fingerprint density at radius 3 is 2.76 bits per heavy atom. The number of Topliss-reactive ketones (excluding diaryl/α,β-unsaturated/α-hetero) is 1. The number of fused-ring (bicyclic) bond motifs is 2. The van der Waals surface area contributed by atoms with Crippen LogP contribution in [0.4, 0.5) is 9.39 Å². The number of piperidine rings is 1. The monoisotopic (exact) mass is 584 g/mol. The highest BCUT2D eigenvalue weighted by atomic mass is 32.2. The first-order valence-corrected chi connectivity index (χ1v) is 15.9. The Balaban J connectivity index is 1.48. The van der Waals surface area contributed by atoms with E-state index in [0.717, 1.165) is 24.0 Å². The number of carbonyl (C=O) groups excluding carboxylic acids is 2. The minimum atomic E-state index is -4.33. The zero-order chi connectivity index (χ0) is 27.4. The van der Waals surface area contributed by atoms with Gasteiger partial charge in [0, 0.05) is 30.6 Å². The SMILES string of the molecule is COc1cc(CN2C(=O)C(C3=NS(=O)(=O)c4c(CNS(C)(=O)=O)csc4N3)C(=O)C3CCCC32)ccc1F. The van der Waals surface area contributed by atoms with Crippen LogP contribution in [0.1, 0.15) is 30.4 Å². The molecule has 1 aliphatic carbocycles. The third-order valence-corrected chi connectivity index (χ3v) is 10.1. The first-order valence-electron chi connectivity index (χ1n) is 11.7. The number of likely N-dealkylation sites (tertiary alicyclic amines) is 1. The van der Waals surface area contributed by atoms with E-state index in [1.807, 2.05) is 0 Å². The van der Waals surface area contributed by atoms with E-state index in [-0.39, 0.29) is 52.0 Å². The summed E-state index contributed by atoms with van der Waals surface area (Å²) in [4.78, 5) is 28.6. The van der Waals surface area contributed by atoms with Crippen LogP contribution in [-0.4, -0.2) is 58.7 Å². The molecule has 2 aliphatic heterocycles. The highest BCUT2D eigenvalue weighted by molar-refractivity contribution is 7.91. The van der Waals surface area contributed by atoms with Gasteiger partial charge in [0.2, 0.25) is 15.9 Å². The average molecular weight is 585 g/mol. The predicted molar refractivity (Wildman–Crippen MR) is 137 cm³/mol. The van der Waals surface area contributed by atoms with Gasteiger partial charge in [0.1, 0.15) is 15.7 Å².